The lowest BCUT2D eigenvalue weighted by molar-refractivity contribution is -0.384. The lowest BCUT2D eigenvalue weighted by Crippen LogP contribution is -2.32. The molecule has 3 rings (SSSR count). The van der Waals surface area contributed by atoms with E-state index in [0.717, 1.165) is 25.9 Å². The molecular weight excluding hydrogens is 340 g/mol. The van der Waals surface area contributed by atoms with E-state index in [1.165, 1.54) is 18.3 Å². The molecule has 2 atom stereocenters. The van der Waals surface area contributed by atoms with Crippen LogP contribution in [-0.4, -0.2) is 37.9 Å². The number of hydrogen-bond donors (Lipinski definition) is 1. The number of nitrogens with one attached hydrogen (secondary N) is 1. The van der Waals surface area contributed by atoms with Crippen LogP contribution < -0.4 is 5.32 Å². The van der Waals surface area contributed by atoms with E-state index < -0.39 is 15.7 Å². The van der Waals surface area contributed by atoms with Crippen molar-refractivity contribution in [1.82, 2.24) is 15.3 Å². The van der Waals surface area contributed by atoms with E-state index in [4.69, 9.17) is 0 Å². The first-order valence-corrected chi connectivity index (χ1v) is 8.45. The maximum Gasteiger partial charge on any atom is 0.271 e. The smallest absolute Gasteiger partial charge is 0.271 e. The third-order valence-electron chi connectivity index (χ3n) is 3.73. The van der Waals surface area contributed by atoms with Crippen LogP contribution in [0.4, 0.5) is 5.69 Å². The minimum absolute atomic E-state index is 0. The highest BCUT2D eigenvalue weighted by Crippen LogP contribution is 2.20. The molecule has 0 radical (unpaired) electrons. The molecule has 23 heavy (non-hydrogen) atoms. The average Bonchev–Trinajstić information content (AvgIpc) is 2.54. The predicted molar refractivity (Wildman–Crippen MR) is 90.3 cm³/mol. The van der Waals surface area contributed by atoms with E-state index >= 15 is 0 Å². The molecule has 1 aliphatic rings. The van der Waals surface area contributed by atoms with Crippen LogP contribution >= 0.6 is 12.4 Å². The van der Waals surface area contributed by atoms with Gasteiger partial charge in [-0.05, 0) is 37.9 Å². The Morgan fingerprint density at radius 2 is 2.22 bits per heavy atom. The van der Waals surface area contributed by atoms with Crippen molar-refractivity contribution in [3.63, 3.8) is 0 Å². The summed E-state index contributed by atoms with van der Waals surface area (Å²) < 4.78 is 12.4. The SMILES string of the molecule is Cl.O=[N+]([O-])c1ccc2nc(S(=O)CC3CCCNC3)cnc2c1. The molecule has 1 aromatic carbocycles. The van der Waals surface area contributed by atoms with Crippen molar-refractivity contribution in [3.8, 4) is 0 Å². The second kappa shape index (κ2) is 7.76. The molecule has 1 aromatic heterocycles. The third kappa shape index (κ3) is 4.21. The minimum atomic E-state index is -1.20. The van der Waals surface area contributed by atoms with Gasteiger partial charge in [0.2, 0.25) is 0 Å². The molecule has 2 heterocycles. The fourth-order valence-corrected chi connectivity index (χ4v) is 3.82. The normalized spacial score (nSPS) is 19.0. The lowest BCUT2D eigenvalue weighted by Gasteiger charge is -2.21. The largest absolute Gasteiger partial charge is 0.316 e. The van der Waals surface area contributed by atoms with Crippen LogP contribution in [-0.2, 0) is 10.8 Å². The highest BCUT2D eigenvalue weighted by atomic mass is 35.5. The third-order valence-corrected chi connectivity index (χ3v) is 5.17. The molecule has 0 aliphatic carbocycles. The summed E-state index contributed by atoms with van der Waals surface area (Å²) in [5, 5.41) is 14.5. The average molecular weight is 357 g/mol. The second-order valence-corrected chi connectivity index (χ2v) is 6.81. The number of nitrogens with zero attached hydrogens (tertiary/aromatic N) is 3. The molecule has 0 bridgehead atoms. The quantitative estimate of drug-likeness (QED) is 0.665. The Labute approximate surface area is 141 Å². The Bertz CT molecular complexity index is 737. The number of benzene rings is 1. The number of nitro benzene ring substituents is 1. The molecule has 1 saturated heterocycles. The number of rotatable bonds is 4. The Hall–Kier alpha value is -1.64. The first-order valence-electron chi connectivity index (χ1n) is 7.14. The molecule has 2 unspecified atom stereocenters. The first kappa shape index (κ1) is 17.7. The fraction of sp³-hybridized carbons (Fsp3) is 0.429. The summed E-state index contributed by atoms with van der Waals surface area (Å²) in [6.45, 7) is 1.91. The first-order chi connectivity index (χ1) is 10.6. The van der Waals surface area contributed by atoms with Gasteiger partial charge < -0.3 is 5.32 Å². The van der Waals surface area contributed by atoms with Crippen molar-refractivity contribution in [2.45, 2.75) is 17.9 Å². The number of halogens is 1. The van der Waals surface area contributed by atoms with Crippen LogP contribution in [0, 0.1) is 16.0 Å². The van der Waals surface area contributed by atoms with Crippen LogP contribution in [0.5, 0.6) is 0 Å². The van der Waals surface area contributed by atoms with E-state index in [1.54, 1.807) is 6.07 Å². The van der Waals surface area contributed by atoms with E-state index in [1.807, 2.05) is 0 Å². The number of nitro groups is 1. The lowest BCUT2D eigenvalue weighted by atomic mass is 10.0. The highest BCUT2D eigenvalue weighted by Gasteiger charge is 2.18. The molecule has 1 aliphatic heterocycles. The molecule has 0 amide bonds. The summed E-state index contributed by atoms with van der Waals surface area (Å²) >= 11 is 0. The molecule has 1 fully saturated rings. The number of aromatic nitrogens is 2. The zero-order valence-corrected chi connectivity index (χ0v) is 13.9. The fourth-order valence-electron chi connectivity index (χ4n) is 2.57. The van der Waals surface area contributed by atoms with Crippen LogP contribution in [0.2, 0.25) is 0 Å². The van der Waals surface area contributed by atoms with Crippen molar-refractivity contribution < 1.29 is 9.13 Å². The van der Waals surface area contributed by atoms with Crippen molar-refractivity contribution >= 4 is 39.9 Å². The van der Waals surface area contributed by atoms with Crippen molar-refractivity contribution in [2.75, 3.05) is 18.8 Å². The van der Waals surface area contributed by atoms with Crippen molar-refractivity contribution in [2.24, 2.45) is 5.92 Å². The van der Waals surface area contributed by atoms with Gasteiger partial charge in [-0.2, -0.15) is 0 Å². The predicted octanol–water partition coefficient (Wildman–Crippen LogP) is 2.07. The summed E-state index contributed by atoms with van der Waals surface area (Å²) in [4.78, 5) is 18.8. The van der Waals surface area contributed by atoms with Crippen LogP contribution in [0.25, 0.3) is 11.0 Å². The number of non-ortho nitro benzene ring substituents is 1. The van der Waals surface area contributed by atoms with Gasteiger partial charge in [0.15, 0.2) is 0 Å². The van der Waals surface area contributed by atoms with Crippen LogP contribution in [0.1, 0.15) is 12.8 Å². The Kier molecular flexibility index (Phi) is 5.97. The van der Waals surface area contributed by atoms with Crippen molar-refractivity contribution in [1.29, 1.82) is 0 Å². The minimum Gasteiger partial charge on any atom is -0.316 e. The molecule has 9 heteroatoms. The Morgan fingerprint density at radius 1 is 1.39 bits per heavy atom. The number of hydrogen-bond acceptors (Lipinski definition) is 6. The standard InChI is InChI=1S/C14H16N4O3S.ClH/c19-18(20)11-3-4-12-13(6-11)16-8-14(17-12)22(21)9-10-2-1-5-15-7-10;/h3-4,6,8,10,15H,1-2,5,7,9H2;1H. The van der Waals surface area contributed by atoms with Gasteiger partial charge in [0.05, 0.1) is 33.0 Å². The van der Waals surface area contributed by atoms with Crippen molar-refractivity contribution in [3.05, 3.63) is 34.5 Å². The molecule has 0 saturated carbocycles. The van der Waals surface area contributed by atoms with Gasteiger partial charge in [-0.1, -0.05) is 0 Å². The molecule has 1 N–H and O–H groups in total. The van der Waals surface area contributed by atoms with Crippen LogP contribution in [0.15, 0.2) is 29.4 Å². The zero-order valence-electron chi connectivity index (χ0n) is 12.3. The summed E-state index contributed by atoms with van der Waals surface area (Å²) in [7, 11) is -1.20. The molecule has 124 valence electrons. The van der Waals surface area contributed by atoms with Gasteiger partial charge in [0.1, 0.15) is 5.03 Å². The maximum atomic E-state index is 12.4. The number of piperidine rings is 1. The zero-order chi connectivity index (χ0) is 15.5. The van der Waals surface area contributed by atoms with Gasteiger partial charge in [-0.15, -0.1) is 12.4 Å². The molecule has 7 nitrogen and oxygen atoms in total. The number of fused-ring (bicyclic) bond motifs is 1. The Balaban J connectivity index is 0.00000192. The van der Waals surface area contributed by atoms with Gasteiger partial charge >= 0.3 is 0 Å². The Morgan fingerprint density at radius 3 is 2.91 bits per heavy atom. The maximum absolute atomic E-state index is 12.4. The van der Waals surface area contributed by atoms with Gasteiger partial charge in [0.25, 0.3) is 5.69 Å². The summed E-state index contributed by atoms with van der Waals surface area (Å²) in [5.74, 6) is 0.962. The van der Waals surface area contributed by atoms with E-state index in [-0.39, 0.29) is 18.1 Å². The molecule has 2 aromatic rings. The monoisotopic (exact) mass is 356 g/mol. The van der Waals surface area contributed by atoms with E-state index in [2.05, 4.69) is 15.3 Å². The summed E-state index contributed by atoms with van der Waals surface area (Å²) in [6.07, 6.45) is 3.64. The van der Waals surface area contributed by atoms with Crippen LogP contribution in [0.3, 0.4) is 0 Å². The van der Waals surface area contributed by atoms with Gasteiger partial charge in [0, 0.05) is 17.9 Å². The van der Waals surface area contributed by atoms with Gasteiger partial charge in [-0.25, -0.2) is 4.98 Å². The topological polar surface area (TPSA) is 98.0 Å². The summed E-state index contributed by atoms with van der Waals surface area (Å²) in [5.41, 5.74) is 0.941. The molecular formula is C14H17ClN4O3S. The summed E-state index contributed by atoms with van der Waals surface area (Å²) in [6, 6.07) is 4.30. The van der Waals surface area contributed by atoms with E-state index in [9.17, 15) is 14.3 Å². The molecule has 0 spiro atoms. The van der Waals surface area contributed by atoms with E-state index in [0.29, 0.717) is 27.7 Å². The highest BCUT2D eigenvalue weighted by molar-refractivity contribution is 7.84. The second-order valence-electron chi connectivity index (χ2n) is 5.36. The van der Waals surface area contributed by atoms with Gasteiger partial charge in [-0.3, -0.25) is 19.3 Å².